The lowest BCUT2D eigenvalue weighted by molar-refractivity contribution is 0.205. The van der Waals surface area contributed by atoms with Gasteiger partial charge in [0.25, 0.3) is 9.24 Å². The monoisotopic (exact) mass is 201 g/mol. The molecule has 0 aromatic carbocycles. The van der Waals surface area contributed by atoms with Crippen molar-refractivity contribution in [1.82, 2.24) is 4.31 Å². The summed E-state index contributed by atoms with van der Waals surface area (Å²) < 4.78 is 34.9. The molecule has 11 heavy (non-hydrogen) atoms. The topological polar surface area (TPSA) is 37.4 Å². The van der Waals surface area contributed by atoms with Crippen LogP contribution >= 0.6 is 10.7 Å². The third-order valence-electron chi connectivity index (χ3n) is 1.64. The first-order valence-corrected chi connectivity index (χ1v) is 5.60. The van der Waals surface area contributed by atoms with Gasteiger partial charge in [-0.3, -0.25) is 0 Å². The van der Waals surface area contributed by atoms with Crippen molar-refractivity contribution >= 4 is 19.9 Å². The van der Waals surface area contributed by atoms with Crippen molar-refractivity contribution in [1.29, 1.82) is 0 Å². The van der Waals surface area contributed by atoms with E-state index in [4.69, 9.17) is 10.7 Å². The first-order valence-electron chi connectivity index (χ1n) is 3.34. The molecule has 0 spiro atoms. The molecule has 1 fully saturated rings. The molecule has 66 valence electrons. The van der Waals surface area contributed by atoms with Crippen LogP contribution in [0.25, 0.3) is 0 Å². The first kappa shape index (κ1) is 9.22. The summed E-state index contributed by atoms with van der Waals surface area (Å²) in [4.78, 5) is 0. The number of halogens is 2. The largest absolute Gasteiger partial charge is 0.299 e. The summed E-state index contributed by atoms with van der Waals surface area (Å²) in [6.07, 6.45) is -0.0759. The van der Waals surface area contributed by atoms with E-state index in [1.54, 1.807) is 0 Å². The predicted octanol–water partition coefficient (Wildman–Crippen LogP) is 0.904. The molecule has 1 atom stereocenters. The molecule has 0 aliphatic carbocycles. The van der Waals surface area contributed by atoms with Crippen LogP contribution in [0.1, 0.15) is 12.8 Å². The molecule has 0 aromatic rings. The maximum absolute atomic E-state index is 12.6. The molecule has 6 heteroatoms. The van der Waals surface area contributed by atoms with Crippen molar-refractivity contribution in [3.05, 3.63) is 0 Å². The Balaban J connectivity index is 2.60. The van der Waals surface area contributed by atoms with Crippen LogP contribution < -0.4 is 0 Å². The lowest BCUT2D eigenvalue weighted by atomic mass is 10.1. The fourth-order valence-electron chi connectivity index (χ4n) is 1.09. The maximum atomic E-state index is 12.6. The van der Waals surface area contributed by atoms with Crippen molar-refractivity contribution in [2.24, 2.45) is 0 Å². The first-order chi connectivity index (χ1) is 5.00. The van der Waals surface area contributed by atoms with Crippen molar-refractivity contribution in [3.63, 3.8) is 0 Å². The van der Waals surface area contributed by atoms with Gasteiger partial charge >= 0.3 is 0 Å². The minimum atomic E-state index is -3.69. The van der Waals surface area contributed by atoms with Gasteiger partial charge in [-0.2, -0.15) is 12.7 Å². The summed E-state index contributed by atoms with van der Waals surface area (Å²) in [7, 11) is 1.32. The van der Waals surface area contributed by atoms with E-state index in [1.165, 1.54) is 0 Å². The molecule has 0 aromatic heterocycles. The predicted molar refractivity (Wildman–Crippen MR) is 40.5 cm³/mol. The lowest BCUT2D eigenvalue weighted by Gasteiger charge is -2.25. The Bertz CT molecular complexity index is 231. The van der Waals surface area contributed by atoms with Crippen LogP contribution in [-0.4, -0.2) is 32.0 Å². The highest BCUT2D eigenvalue weighted by atomic mass is 35.7. The molecular weight excluding hydrogens is 193 g/mol. The normalized spacial score (nSPS) is 28.7. The van der Waals surface area contributed by atoms with Gasteiger partial charge in [-0.05, 0) is 12.8 Å². The highest BCUT2D eigenvalue weighted by Gasteiger charge is 2.26. The Morgan fingerprint density at radius 3 is 2.55 bits per heavy atom. The van der Waals surface area contributed by atoms with Gasteiger partial charge in [0.05, 0.1) is 0 Å². The van der Waals surface area contributed by atoms with E-state index in [2.05, 4.69) is 0 Å². The molecule has 1 saturated heterocycles. The highest BCUT2D eigenvalue weighted by molar-refractivity contribution is 8.11. The number of alkyl halides is 1. The fourth-order valence-corrected chi connectivity index (χ4v) is 2.15. The zero-order chi connectivity index (χ0) is 8.48. The molecule has 0 saturated carbocycles. The summed E-state index contributed by atoms with van der Waals surface area (Å²) in [6.45, 7) is 0.248. The van der Waals surface area contributed by atoms with E-state index < -0.39 is 15.4 Å². The van der Waals surface area contributed by atoms with Crippen LogP contribution in [0.15, 0.2) is 0 Å². The Morgan fingerprint density at radius 2 is 2.18 bits per heavy atom. The Morgan fingerprint density at radius 1 is 1.55 bits per heavy atom. The van der Waals surface area contributed by atoms with Gasteiger partial charge in [0, 0.05) is 23.8 Å². The molecule has 0 amide bonds. The lowest BCUT2D eigenvalue weighted by Crippen LogP contribution is -2.38. The van der Waals surface area contributed by atoms with Gasteiger partial charge in [0.2, 0.25) is 0 Å². The van der Waals surface area contributed by atoms with Gasteiger partial charge in [-0.25, -0.2) is 4.39 Å². The van der Waals surface area contributed by atoms with Gasteiger partial charge in [-0.15, -0.1) is 0 Å². The molecule has 0 unspecified atom stereocenters. The summed E-state index contributed by atoms with van der Waals surface area (Å²) in [5, 5.41) is 0. The summed E-state index contributed by atoms with van der Waals surface area (Å²) in [5.74, 6) is 0. The highest BCUT2D eigenvalue weighted by Crippen LogP contribution is 2.17. The molecule has 0 N–H and O–H groups in total. The quantitative estimate of drug-likeness (QED) is 0.592. The van der Waals surface area contributed by atoms with Gasteiger partial charge < -0.3 is 0 Å². The van der Waals surface area contributed by atoms with Crippen molar-refractivity contribution < 1.29 is 12.8 Å². The van der Waals surface area contributed by atoms with E-state index in [0.717, 1.165) is 4.31 Å². The maximum Gasteiger partial charge on any atom is 0.299 e. The number of hydrogen-bond acceptors (Lipinski definition) is 2. The third kappa shape index (κ3) is 2.57. The second kappa shape index (κ2) is 3.25. The van der Waals surface area contributed by atoms with Crippen LogP contribution in [0, 0.1) is 0 Å². The molecule has 1 aliphatic rings. The third-order valence-corrected chi connectivity index (χ3v) is 3.17. The molecule has 1 aliphatic heterocycles. The van der Waals surface area contributed by atoms with E-state index in [1.807, 2.05) is 0 Å². The molecular formula is C5H9ClFNO2S. The number of rotatable bonds is 1. The van der Waals surface area contributed by atoms with Gasteiger partial charge in [-0.1, -0.05) is 0 Å². The number of hydrogen-bond donors (Lipinski definition) is 0. The molecule has 0 bridgehead atoms. The average molecular weight is 202 g/mol. The van der Waals surface area contributed by atoms with Crippen LogP contribution in [0.4, 0.5) is 4.39 Å². The van der Waals surface area contributed by atoms with Crippen LogP contribution in [0.5, 0.6) is 0 Å². The smallest absolute Gasteiger partial charge is 0.246 e. The number of nitrogens with zero attached hydrogens (tertiary/aromatic N) is 1. The number of piperidine rings is 1. The van der Waals surface area contributed by atoms with Gasteiger partial charge in [0.1, 0.15) is 6.17 Å². The molecule has 3 nitrogen and oxygen atoms in total. The van der Waals surface area contributed by atoms with Crippen molar-refractivity contribution in [3.8, 4) is 0 Å². The molecule has 1 rings (SSSR count). The average Bonchev–Trinajstić information content (AvgIpc) is 1.86. The fraction of sp³-hybridized carbons (Fsp3) is 1.00. The Hall–Kier alpha value is 0.130. The zero-order valence-electron chi connectivity index (χ0n) is 5.83. The standard InChI is InChI=1S/C5H9ClFNO2S/c6-11(9,10)8-3-1-2-5(7)4-8/h5H,1-4H2/t5-/m0/s1. The summed E-state index contributed by atoms with van der Waals surface area (Å²) in [6, 6.07) is 0. The zero-order valence-corrected chi connectivity index (χ0v) is 7.41. The Labute approximate surface area is 69.7 Å². The van der Waals surface area contributed by atoms with Crippen LogP contribution in [0.2, 0.25) is 0 Å². The SMILES string of the molecule is O=S(=O)(Cl)N1CCC[C@H](F)C1. The molecule has 1 heterocycles. The Kier molecular flexibility index (Phi) is 2.72. The van der Waals surface area contributed by atoms with E-state index in [-0.39, 0.29) is 6.54 Å². The van der Waals surface area contributed by atoms with Gasteiger partial charge in [0.15, 0.2) is 0 Å². The van der Waals surface area contributed by atoms with Crippen molar-refractivity contribution in [2.45, 2.75) is 19.0 Å². The van der Waals surface area contributed by atoms with Crippen LogP contribution in [0.3, 0.4) is 0 Å². The summed E-state index contributed by atoms with van der Waals surface area (Å²) >= 11 is 0. The minimum Gasteiger partial charge on any atom is -0.246 e. The molecule has 0 radical (unpaired) electrons. The van der Waals surface area contributed by atoms with E-state index in [0.29, 0.717) is 19.4 Å². The van der Waals surface area contributed by atoms with E-state index in [9.17, 15) is 12.8 Å². The van der Waals surface area contributed by atoms with Crippen LogP contribution in [-0.2, 0) is 9.24 Å². The second-order valence-corrected chi connectivity index (χ2v) is 5.05. The summed E-state index contributed by atoms with van der Waals surface area (Å²) in [5.41, 5.74) is 0. The van der Waals surface area contributed by atoms with E-state index >= 15 is 0 Å². The minimum absolute atomic E-state index is 0.0914. The van der Waals surface area contributed by atoms with Crippen molar-refractivity contribution in [2.75, 3.05) is 13.1 Å². The second-order valence-electron chi connectivity index (χ2n) is 2.54.